The number of rotatable bonds is 5. The van der Waals surface area contributed by atoms with Crippen molar-refractivity contribution in [3.05, 3.63) is 29.8 Å². The van der Waals surface area contributed by atoms with E-state index in [0.717, 1.165) is 11.3 Å². The molecule has 3 nitrogen and oxygen atoms in total. The van der Waals surface area contributed by atoms with Crippen LogP contribution in [0.25, 0.3) is 0 Å². The first-order chi connectivity index (χ1) is 7.61. The Labute approximate surface area is 101 Å². The van der Waals surface area contributed by atoms with Gasteiger partial charge in [-0.15, -0.1) is 11.6 Å². The number of hydrogen-bond donors (Lipinski definition) is 1. The minimum atomic E-state index is -0.179. The second-order valence-electron chi connectivity index (χ2n) is 3.68. The van der Waals surface area contributed by atoms with Crippen LogP contribution in [0.4, 0.5) is 0 Å². The van der Waals surface area contributed by atoms with Crippen molar-refractivity contribution in [3.8, 4) is 5.75 Å². The zero-order chi connectivity index (χ0) is 12.0. The summed E-state index contributed by atoms with van der Waals surface area (Å²) in [6.07, 6.45) is -0.0750. The van der Waals surface area contributed by atoms with E-state index in [-0.39, 0.29) is 17.9 Å². The predicted molar refractivity (Wildman–Crippen MR) is 65.0 cm³/mol. The van der Waals surface area contributed by atoms with Gasteiger partial charge in [0.05, 0.1) is 6.54 Å². The molecule has 0 radical (unpaired) electrons. The summed E-state index contributed by atoms with van der Waals surface area (Å²) in [4.78, 5) is 10.9. The molecule has 0 bridgehead atoms. The minimum Gasteiger partial charge on any atom is -0.489 e. The summed E-state index contributed by atoms with van der Waals surface area (Å²) in [6.45, 7) is 4.36. The molecular weight excluding hydrogens is 226 g/mol. The average Bonchev–Trinajstić information content (AvgIpc) is 2.26. The van der Waals surface area contributed by atoms with Gasteiger partial charge in [0.15, 0.2) is 0 Å². The van der Waals surface area contributed by atoms with Gasteiger partial charge >= 0.3 is 0 Å². The third-order valence-electron chi connectivity index (χ3n) is 2.03. The molecule has 88 valence electrons. The largest absolute Gasteiger partial charge is 0.489 e. The molecule has 0 saturated heterocycles. The molecule has 16 heavy (non-hydrogen) atoms. The van der Waals surface area contributed by atoms with E-state index in [1.54, 1.807) is 0 Å². The summed E-state index contributed by atoms with van der Waals surface area (Å²) in [6, 6.07) is 7.80. The zero-order valence-corrected chi connectivity index (χ0v) is 10.3. The lowest BCUT2D eigenvalue weighted by Gasteiger charge is -2.15. The first-order valence-corrected chi connectivity index (χ1v) is 5.71. The number of amides is 1. The van der Waals surface area contributed by atoms with Crippen molar-refractivity contribution in [2.75, 3.05) is 12.4 Å². The first kappa shape index (κ1) is 12.8. The summed E-state index contributed by atoms with van der Waals surface area (Å²) in [5.41, 5.74) is 1.15. The lowest BCUT2D eigenvalue weighted by Crippen LogP contribution is -2.34. The van der Waals surface area contributed by atoms with Gasteiger partial charge in [0.1, 0.15) is 17.7 Å². The van der Waals surface area contributed by atoms with Crippen LogP contribution in [0.15, 0.2) is 24.3 Å². The highest BCUT2D eigenvalue weighted by Crippen LogP contribution is 2.13. The van der Waals surface area contributed by atoms with Gasteiger partial charge in [-0.05, 0) is 31.5 Å². The van der Waals surface area contributed by atoms with Gasteiger partial charge in [-0.1, -0.05) is 12.1 Å². The smallest absolute Gasteiger partial charge is 0.235 e. The number of ether oxygens (including phenoxy) is 1. The van der Waals surface area contributed by atoms with Gasteiger partial charge in [0.25, 0.3) is 0 Å². The van der Waals surface area contributed by atoms with Crippen LogP contribution < -0.4 is 10.1 Å². The molecule has 1 aromatic carbocycles. The molecular formula is C12H16ClNO2. The molecule has 1 N–H and O–H groups in total. The summed E-state index contributed by atoms with van der Waals surface area (Å²) < 4.78 is 5.63. The molecule has 0 aliphatic rings. The van der Waals surface area contributed by atoms with E-state index >= 15 is 0 Å². The Kier molecular flexibility index (Phi) is 5.12. The fourth-order valence-electron chi connectivity index (χ4n) is 1.27. The topological polar surface area (TPSA) is 38.3 Å². The molecule has 1 rings (SSSR count). The fraction of sp³-hybridized carbons (Fsp3) is 0.417. The van der Waals surface area contributed by atoms with Crippen molar-refractivity contribution in [2.45, 2.75) is 20.0 Å². The van der Waals surface area contributed by atoms with E-state index < -0.39 is 0 Å². The quantitative estimate of drug-likeness (QED) is 0.802. The highest BCUT2D eigenvalue weighted by molar-refractivity contribution is 6.27. The third-order valence-corrected chi connectivity index (χ3v) is 2.28. The van der Waals surface area contributed by atoms with Crippen molar-refractivity contribution in [1.82, 2.24) is 5.32 Å². The van der Waals surface area contributed by atoms with Crippen molar-refractivity contribution < 1.29 is 9.53 Å². The van der Waals surface area contributed by atoms with Crippen LogP contribution in [0, 0.1) is 6.92 Å². The molecule has 1 atom stereocenters. The number of carbonyl (C=O) groups is 1. The Balaban J connectivity index is 2.39. The Hall–Kier alpha value is -1.22. The van der Waals surface area contributed by atoms with Crippen LogP contribution in [0.5, 0.6) is 5.75 Å². The standard InChI is InChI=1S/C12H16ClNO2/c1-9-4-3-5-11(6-9)16-10(2)8-14-12(15)7-13/h3-6,10H,7-8H2,1-2H3,(H,14,15). The summed E-state index contributed by atoms with van der Waals surface area (Å²) >= 11 is 5.36. The number of halogens is 1. The van der Waals surface area contributed by atoms with Crippen LogP contribution in [-0.4, -0.2) is 24.4 Å². The van der Waals surface area contributed by atoms with Crippen molar-refractivity contribution in [3.63, 3.8) is 0 Å². The Morgan fingerprint density at radius 2 is 2.31 bits per heavy atom. The van der Waals surface area contributed by atoms with Gasteiger partial charge in [-0.2, -0.15) is 0 Å². The van der Waals surface area contributed by atoms with Gasteiger partial charge in [-0.3, -0.25) is 4.79 Å². The van der Waals surface area contributed by atoms with Crippen LogP contribution >= 0.6 is 11.6 Å². The zero-order valence-electron chi connectivity index (χ0n) is 9.50. The third kappa shape index (κ3) is 4.53. The Morgan fingerprint density at radius 1 is 1.56 bits per heavy atom. The first-order valence-electron chi connectivity index (χ1n) is 5.18. The second-order valence-corrected chi connectivity index (χ2v) is 3.95. The van der Waals surface area contributed by atoms with Gasteiger partial charge in [-0.25, -0.2) is 0 Å². The molecule has 0 aliphatic heterocycles. The maximum Gasteiger partial charge on any atom is 0.235 e. The van der Waals surface area contributed by atoms with Gasteiger partial charge in [0.2, 0.25) is 5.91 Å². The van der Waals surface area contributed by atoms with E-state index in [4.69, 9.17) is 16.3 Å². The minimum absolute atomic E-state index is 0.0167. The molecule has 0 fully saturated rings. The molecule has 0 spiro atoms. The van der Waals surface area contributed by atoms with E-state index in [1.807, 2.05) is 38.1 Å². The summed E-state index contributed by atoms with van der Waals surface area (Å²) in [5.74, 6) is 0.617. The maximum atomic E-state index is 10.9. The van der Waals surface area contributed by atoms with Crippen molar-refractivity contribution >= 4 is 17.5 Å². The lowest BCUT2D eigenvalue weighted by molar-refractivity contribution is -0.119. The van der Waals surface area contributed by atoms with Crippen molar-refractivity contribution in [1.29, 1.82) is 0 Å². The number of carbonyl (C=O) groups excluding carboxylic acids is 1. The van der Waals surface area contributed by atoms with Crippen LogP contribution in [0.1, 0.15) is 12.5 Å². The van der Waals surface area contributed by atoms with E-state index in [2.05, 4.69) is 5.32 Å². The normalized spacial score (nSPS) is 11.9. The molecule has 1 unspecified atom stereocenters. The monoisotopic (exact) mass is 241 g/mol. The van der Waals surface area contributed by atoms with E-state index in [9.17, 15) is 4.79 Å². The number of alkyl halides is 1. The van der Waals surface area contributed by atoms with Crippen LogP contribution in [0.2, 0.25) is 0 Å². The Bertz CT molecular complexity index is 355. The second kappa shape index (κ2) is 6.38. The van der Waals surface area contributed by atoms with E-state index in [1.165, 1.54) is 0 Å². The molecule has 4 heteroatoms. The highest BCUT2D eigenvalue weighted by atomic mass is 35.5. The lowest BCUT2D eigenvalue weighted by atomic mass is 10.2. The SMILES string of the molecule is Cc1cccc(OC(C)CNC(=O)CCl)c1. The molecule has 0 aromatic heterocycles. The van der Waals surface area contributed by atoms with E-state index in [0.29, 0.717) is 6.54 Å². The van der Waals surface area contributed by atoms with Gasteiger partial charge < -0.3 is 10.1 Å². The Morgan fingerprint density at radius 3 is 2.94 bits per heavy atom. The van der Waals surface area contributed by atoms with Crippen LogP contribution in [-0.2, 0) is 4.79 Å². The molecule has 0 heterocycles. The highest BCUT2D eigenvalue weighted by Gasteiger charge is 2.05. The molecule has 1 amide bonds. The van der Waals surface area contributed by atoms with Crippen LogP contribution in [0.3, 0.4) is 0 Å². The van der Waals surface area contributed by atoms with Crippen molar-refractivity contribution in [2.24, 2.45) is 0 Å². The number of nitrogens with one attached hydrogen (secondary N) is 1. The molecule has 0 saturated carbocycles. The number of benzene rings is 1. The molecule has 0 aliphatic carbocycles. The predicted octanol–water partition coefficient (Wildman–Crippen LogP) is 2.12. The average molecular weight is 242 g/mol. The van der Waals surface area contributed by atoms with Gasteiger partial charge in [0, 0.05) is 0 Å². The summed E-state index contributed by atoms with van der Waals surface area (Å²) in [5, 5.41) is 2.67. The fourth-order valence-corrected chi connectivity index (χ4v) is 1.36. The molecule has 1 aromatic rings. The number of aryl methyl sites for hydroxylation is 1. The number of hydrogen-bond acceptors (Lipinski definition) is 2. The summed E-state index contributed by atoms with van der Waals surface area (Å²) in [7, 11) is 0. The maximum absolute atomic E-state index is 10.9.